The van der Waals surface area contributed by atoms with Crippen molar-refractivity contribution in [2.45, 2.75) is 31.7 Å². The Kier molecular flexibility index (Phi) is 6.55. The minimum absolute atomic E-state index is 0.0286. The zero-order valence-electron chi connectivity index (χ0n) is 15.4. The molecule has 1 aliphatic rings. The van der Waals surface area contributed by atoms with Crippen molar-refractivity contribution in [1.82, 2.24) is 5.32 Å². The van der Waals surface area contributed by atoms with E-state index in [4.69, 9.17) is 4.74 Å². The van der Waals surface area contributed by atoms with Crippen LogP contribution in [0.1, 0.15) is 45.7 Å². The van der Waals surface area contributed by atoms with Gasteiger partial charge in [0.2, 0.25) is 0 Å². The fourth-order valence-corrected chi connectivity index (χ4v) is 3.76. The molecule has 9 nitrogen and oxygen atoms in total. The quantitative estimate of drug-likeness (QED) is 0.405. The number of nitrogens with one attached hydrogen (secondary N) is 2. The third-order valence-electron chi connectivity index (χ3n) is 4.44. The van der Waals surface area contributed by atoms with Crippen LogP contribution in [0.5, 0.6) is 0 Å². The second kappa shape index (κ2) is 9.28. The normalized spacial score (nSPS) is 13.7. The van der Waals surface area contributed by atoms with Crippen molar-refractivity contribution >= 4 is 39.8 Å². The molecule has 2 aromatic rings. The number of carbonyl (C=O) groups is 3. The summed E-state index contributed by atoms with van der Waals surface area (Å²) in [4.78, 5) is 46.7. The van der Waals surface area contributed by atoms with Crippen LogP contribution in [0.2, 0.25) is 0 Å². The largest absolute Gasteiger partial charge is 0.451 e. The first kappa shape index (κ1) is 20.5. The molecule has 10 heteroatoms. The number of thiophene rings is 1. The Bertz CT molecular complexity index is 936. The number of ether oxygens (including phenoxy) is 1. The van der Waals surface area contributed by atoms with Crippen molar-refractivity contribution in [2.24, 2.45) is 0 Å². The zero-order valence-corrected chi connectivity index (χ0v) is 16.2. The van der Waals surface area contributed by atoms with Crippen LogP contribution in [-0.4, -0.2) is 35.4 Å². The van der Waals surface area contributed by atoms with Crippen LogP contribution >= 0.6 is 11.3 Å². The predicted molar refractivity (Wildman–Crippen MR) is 106 cm³/mol. The zero-order chi connectivity index (χ0) is 20.8. The number of hydrogen-bond acceptors (Lipinski definition) is 7. The topological polar surface area (TPSA) is 128 Å². The fourth-order valence-electron chi connectivity index (χ4n) is 3.05. The van der Waals surface area contributed by atoms with E-state index in [0.717, 1.165) is 25.7 Å². The average molecular weight is 417 g/mol. The van der Waals surface area contributed by atoms with E-state index < -0.39 is 23.4 Å². The van der Waals surface area contributed by atoms with Gasteiger partial charge in [-0.15, -0.1) is 0 Å². The molecule has 3 rings (SSSR count). The lowest BCUT2D eigenvalue weighted by atomic mass is 10.1. The number of hydrogen-bond donors (Lipinski definition) is 2. The molecular weight excluding hydrogens is 398 g/mol. The minimum atomic E-state index is -0.828. The molecule has 0 spiro atoms. The maximum Gasteiger partial charge on any atom is 0.349 e. The lowest BCUT2D eigenvalue weighted by Gasteiger charge is -2.15. The Morgan fingerprint density at radius 2 is 1.86 bits per heavy atom. The number of carbonyl (C=O) groups excluding carboxylic acids is 3. The Morgan fingerprint density at radius 1 is 1.14 bits per heavy atom. The standard InChI is InChI=1S/C19H19N3O6S/c23-16(11-28-19(25)15-9-10-17(29-15)22(26)27)21-14-8-4-3-7-13(14)18(24)20-12-5-1-2-6-12/h3-4,7-10,12H,1-2,5-6,11H2,(H,20,24)(H,21,23). The van der Waals surface area contributed by atoms with Gasteiger partial charge >= 0.3 is 11.0 Å². The maximum absolute atomic E-state index is 12.5. The first-order chi connectivity index (χ1) is 13.9. The van der Waals surface area contributed by atoms with Gasteiger partial charge in [-0.1, -0.05) is 36.3 Å². The number of esters is 1. The van der Waals surface area contributed by atoms with Crippen molar-refractivity contribution in [2.75, 3.05) is 11.9 Å². The Hall–Kier alpha value is -3.27. The molecule has 1 heterocycles. The van der Waals surface area contributed by atoms with Crippen LogP contribution < -0.4 is 10.6 Å². The van der Waals surface area contributed by atoms with Gasteiger partial charge in [-0.3, -0.25) is 19.7 Å². The minimum Gasteiger partial charge on any atom is -0.451 e. The number of anilines is 1. The first-order valence-corrected chi connectivity index (χ1v) is 9.87. The summed E-state index contributed by atoms with van der Waals surface area (Å²) in [6.07, 6.45) is 4.05. The van der Waals surface area contributed by atoms with E-state index in [1.807, 2.05) is 0 Å². The number of amides is 2. The molecule has 1 saturated carbocycles. The van der Waals surface area contributed by atoms with Gasteiger partial charge in [0, 0.05) is 12.1 Å². The number of nitro groups is 1. The molecule has 0 saturated heterocycles. The molecular formula is C19H19N3O6S. The summed E-state index contributed by atoms with van der Waals surface area (Å²) >= 11 is 0.668. The summed E-state index contributed by atoms with van der Waals surface area (Å²) in [5, 5.41) is 16.0. The van der Waals surface area contributed by atoms with Crippen LogP contribution in [-0.2, 0) is 9.53 Å². The first-order valence-electron chi connectivity index (χ1n) is 9.05. The molecule has 0 unspecified atom stereocenters. The summed E-state index contributed by atoms with van der Waals surface area (Å²) in [5.41, 5.74) is 0.642. The highest BCUT2D eigenvalue weighted by Crippen LogP contribution is 2.24. The van der Waals surface area contributed by atoms with Gasteiger partial charge in [-0.25, -0.2) is 4.79 Å². The molecule has 1 fully saturated rings. The third kappa shape index (κ3) is 5.38. The summed E-state index contributed by atoms with van der Waals surface area (Å²) in [7, 11) is 0. The molecule has 0 aliphatic heterocycles. The number of rotatable bonds is 7. The van der Waals surface area contributed by atoms with Gasteiger partial charge in [0.15, 0.2) is 6.61 Å². The molecule has 2 N–H and O–H groups in total. The summed E-state index contributed by atoms with van der Waals surface area (Å²) in [6.45, 7) is -0.580. The van der Waals surface area contributed by atoms with Gasteiger partial charge in [-0.2, -0.15) is 0 Å². The lowest BCUT2D eigenvalue weighted by Crippen LogP contribution is -2.33. The van der Waals surface area contributed by atoms with E-state index in [0.29, 0.717) is 22.6 Å². The van der Waals surface area contributed by atoms with Gasteiger partial charge < -0.3 is 15.4 Å². The van der Waals surface area contributed by atoms with Crippen LogP contribution in [0.4, 0.5) is 10.7 Å². The smallest absolute Gasteiger partial charge is 0.349 e. The van der Waals surface area contributed by atoms with Crippen LogP contribution in [0.3, 0.4) is 0 Å². The van der Waals surface area contributed by atoms with Crippen molar-refractivity contribution in [1.29, 1.82) is 0 Å². The van der Waals surface area contributed by atoms with E-state index in [-0.39, 0.29) is 21.8 Å². The number of nitrogens with zero attached hydrogens (tertiary/aromatic N) is 1. The molecule has 1 aromatic heterocycles. The fraction of sp³-hybridized carbons (Fsp3) is 0.316. The van der Waals surface area contributed by atoms with Crippen LogP contribution in [0.15, 0.2) is 36.4 Å². The van der Waals surface area contributed by atoms with Gasteiger partial charge in [0.25, 0.3) is 11.8 Å². The van der Waals surface area contributed by atoms with Gasteiger partial charge in [0.05, 0.1) is 16.2 Å². The summed E-state index contributed by atoms with van der Waals surface area (Å²) < 4.78 is 4.90. The molecule has 2 amide bonds. The molecule has 152 valence electrons. The van der Waals surface area contributed by atoms with E-state index in [9.17, 15) is 24.5 Å². The highest BCUT2D eigenvalue weighted by atomic mass is 32.1. The second-order valence-corrected chi connectivity index (χ2v) is 7.58. The van der Waals surface area contributed by atoms with Crippen LogP contribution in [0.25, 0.3) is 0 Å². The molecule has 0 atom stereocenters. The number of para-hydroxylation sites is 1. The third-order valence-corrected chi connectivity index (χ3v) is 5.46. The molecule has 1 aliphatic carbocycles. The van der Waals surface area contributed by atoms with Gasteiger partial charge in [-0.05, 0) is 31.0 Å². The van der Waals surface area contributed by atoms with E-state index in [1.54, 1.807) is 24.3 Å². The van der Waals surface area contributed by atoms with E-state index in [1.165, 1.54) is 12.1 Å². The van der Waals surface area contributed by atoms with Crippen molar-refractivity contribution in [3.05, 3.63) is 57.0 Å². The molecule has 0 radical (unpaired) electrons. The Balaban J connectivity index is 1.56. The van der Waals surface area contributed by atoms with E-state index in [2.05, 4.69) is 10.6 Å². The highest BCUT2D eigenvalue weighted by Gasteiger charge is 2.21. The van der Waals surface area contributed by atoms with Crippen molar-refractivity contribution in [3.63, 3.8) is 0 Å². The lowest BCUT2D eigenvalue weighted by molar-refractivity contribution is -0.380. The average Bonchev–Trinajstić information content (AvgIpc) is 3.38. The van der Waals surface area contributed by atoms with Crippen LogP contribution in [0, 0.1) is 10.1 Å². The highest BCUT2D eigenvalue weighted by molar-refractivity contribution is 7.17. The Labute approximate surface area is 170 Å². The van der Waals surface area contributed by atoms with Gasteiger partial charge in [0.1, 0.15) is 4.88 Å². The molecule has 0 bridgehead atoms. The number of benzene rings is 1. The molecule has 29 heavy (non-hydrogen) atoms. The second-order valence-electron chi connectivity index (χ2n) is 6.52. The maximum atomic E-state index is 12.5. The monoisotopic (exact) mass is 417 g/mol. The Morgan fingerprint density at radius 3 is 2.55 bits per heavy atom. The summed E-state index contributed by atoms with van der Waals surface area (Å²) in [6, 6.07) is 9.18. The summed E-state index contributed by atoms with van der Waals surface area (Å²) in [5.74, 6) is -1.72. The van der Waals surface area contributed by atoms with E-state index >= 15 is 0 Å². The SMILES string of the molecule is O=C(COC(=O)c1ccc([N+](=O)[O-])s1)Nc1ccccc1C(=O)NC1CCCC1. The van der Waals surface area contributed by atoms with Crippen molar-refractivity contribution < 1.29 is 24.0 Å². The predicted octanol–water partition coefficient (Wildman–Crippen LogP) is 3.12. The van der Waals surface area contributed by atoms with Crippen molar-refractivity contribution in [3.8, 4) is 0 Å². The molecule has 1 aromatic carbocycles.